The molecular formula is C20H20N2O4S. The summed E-state index contributed by atoms with van der Waals surface area (Å²) in [6.45, 7) is 0.246. The maximum Gasteiger partial charge on any atom is 0.230 e. The number of hydrogen-bond donors (Lipinski definition) is 0. The van der Waals surface area contributed by atoms with Gasteiger partial charge in [0, 0.05) is 5.92 Å². The van der Waals surface area contributed by atoms with Gasteiger partial charge in [-0.05, 0) is 47.6 Å². The summed E-state index contributed by atoms with van der Waals surface area (Å²) in [6.07, 6.45) is 2.34. The lowest BCUT2D eigenvalue weighted by molar-refractivity contribution is 0.284. The summed E-state index contributed by atoms with van der Waals surface area (Å²) in [7, 11) is -2.86. The summed E-state index contributed by atoms with van der Waals surface area (Å²) in [5.74, 6) is 2.64. The molecule has 2 aromatic carbocycles. The van der Waals surface area contributed by atoms with Gasteiger partial charge in [-0.2, -0.15) is 4.98 Å². The lowest BCUT2D eigenvalue weighted by atomic mass is 9.96. The van der Waals surface area contributed by atoms with E-state index in [0.29, 0.717) is 24.6 Å². The third-order valence-electron chi connectivity index (χ3n) is 5.88. The molecule has 5 rings (SSSR count). The number of benzene rings is 2. The SMILES string of the molecule is O=S1(=O)CCC2(CC1)CC2c1nc(COc2ccc3ccccc3c2)no1. The van der Waals surface area contributed by atoms with Crippen molar-refractivity contribution in [1.82, 2.24) is 10.1 Å². The monoisotopic (exact) mass is 384 g/mol. The molecule has 0 bridgehead atoms. The van der Waals surface area contributed by atoms with Gasteiger partial charge in [-0.25, -0.2) is 8.42 Å². The van der Waals surface area contributed by atoms with Gasteiger partial charge in [-0.15, -0.1) is 0 Å². The first-order valence-corrected chi connectivity index (χ1v) is 11.0. The Balaban J connectivity index is 1.24. The van der Waals surface area contributed by atoms with Crippen LogP contribution in [0.15, 0.2) is 47.0 Å². The number of rotatable bonds is 4. The number of sulfone groups is 1. The minimum atomic E-state index is -2.86. The van der Waals surface area contributed by atoms with E-state index in [4.69, 9.17) is 9.26 Å². The van der Waals surface area contributed by atoms with E-state index >= 15 is 0 Å². The maximum atomic E-state index is 11.6. The molecule has 2 aliphatic rings. The predicted molar refractivity (Wildman–Crippen MR) is 100 cm³/mol. The first-order valence-electron chi connectivity index (χ1n) is 9.18. The summed E-state index contributed by atoms with van der Waals surface area (Å²) in [4.78, 5) is 4.48. The third kappa shape index (κ3) is 3.20. The average Bonchev–Trinajstić information content (AvgIpc) is 3.18. The third-order valence-corrected chi connectivity index (χ3v) is 7.53. The summed E-state index contributed by atoms with van der Waals surface area (Å²) >= 11 is 0. The van der Waals surface area contributed by atoms with Gasteiger partial charge in [0.1, 0.15) is 15.6 Å². The second-order valence-electron chi connectivity index (χ2n) is 7.62. The highest BCUT2D eigenvalue weighted by Gasteiger charge is 2.59. The fourth-order valence-corrected chi connectivity index (χ4v) is 5.71. The van der Waals surface area contributed by atoms with E-state index in [2.05, 4.69) is 16.2 Å². The number of nitrogens with zero attached hydrogens (tertiary/aromatic N) is 2. The van der Waals surface area contributed by atoms with Crippen LogP contribution >= 0.6 is 0 Å². The smallest absolute Gasteiger partial charge is 0.230 e. The molecule has 6 nitrogen and oxygen atoms in total. The zero-order valence-corrected chi connectivity index (χ0v) is 15.6. The Morgan fingerprint density at radius 1 is 1.11 bits per heavy atom. The molecule has 7 heteroatoms. The minimum Gasteiger partial charge on any atom is -0.485 e. The predicted octanol–water partition coefficient (Wildman–Crippen LogP) is 3.48. The highest BCUT2D eigenvalue weighted by atomic mass is 32.2. The Labute approximate surface area is 157 Å². The van der Waals surface area contributed by atoms with E-state index in [-0.39, 0.29) is 29.4 Å². The van der Waals surface area contributed by atoms with Gasteiger partial charge in [-0.3, -0.25) is 0 Å². The second kappa shape index (κ2) is 6.05. The van der Waals surface area contributed by atoms with E-state index in [9.17, 15) is 8.42 Å². The first-order chi connectivity index (χ1) is 13.0. The van der Waals surface area contributed by atoms with Crippen molar-refractivity contribution in [2.75, 3.05) is 11.5 Å². The van der Waals surface area contributed by atoms with Crippen LogP contribution < -0.4 is 4.74 Å². The van der Waals surface area contributed by atoms with Crippen LogP contribution in [-0.4, -0.2) is 30.1 Å². The Morgan fingerprint density at radius 2 is 1.89 bits per heavy atom. The number of fused-ring (bicyclic) bond motifs is 1. The molecule has 1 aliphatic heterocycles. The second-order valence-corrected chi connectivity index (χ2v) is 9.92. The van der Waals surface area contributed by atoms with Gasteiger partial charge in [0.15, 0.2) is 6.61 Å². The van der Waals surface area contributed by atoms with Crippen molar-refractivity contribution in [3.05, 3.63) is 54.2 Å². The van der Waals surface area contributed by atoms with Gasteiger partial charge >= 0.3 is 0 Å². The number of aromatic nitrogens is 2. The van der Waals surface area contributed by atoms with Crippen molar-refractivity contribution >= 4 is 20.6 Å². The van der Waals surface area contributed by atoms with Crippen LogP contribution in [0, 0.1) is 5.41 Å². The molecule has 1 atom stereocenters. The first kappa shape index (κ1) is 16.7. The van der Waals surface area contributed by atoms with E-state index < -0.39 is 9.84 Å². The topological polar surface area (TPSA) is 82.3 Å². The lowest BCUT2D eigenvalue weighted by Gasteiger charge is -2.21. The Bertz CT molecular complexity index is 1090. The molecule has 1 saturated carbocycles. The highest BCUT2D eigenvalue weighted by molar-refractivity contribution is 7.91. The van der Waals surface area contributed by atoms with E-state index in [1.165, 1.54) is 5.39 Å². The molecule has 1 aliphatic carbocycles. The molecule has 140 valence electrons. The Morgan fingerprint density at radius 3 is 2.70 bits per heavy atom. The van der Waals surface area contributed by atoms with Gasteiger partial charge in [0.05, 0.1) is 11.5 Å². The summed E-state index contributed by atoms with van der Waals surface area (Å²) in [5.41, 5.74) is 0.0499. The van der Waals surface area contributed by atoms with Crippen molar-refractivity contribution in [1.29, 1.82) is 0 Å². The highest BCUT2D eigenvalue weighted by Crippen LogP contribution is 2.64. The lowest BCUT2D eigenvalue weighted by Crippen LogP contribution is -2.25. The van der Waals surface area contributed by atoms with Gasteiger partial charge in [0.2, 0.25) is 11.7 Å². The maximum absolute atomic E-state index is 11.6. The van der Waals surface area contributed by atoms with Crippen LogP contribution in [-0.2, 0) is 16.4 Å². The summed E-state index contributed by atoms with van der Waals surface area (Å²) < 4.78 is 34.5. The van der Waals surface area contributed by atoms with Crippen LogP contribution in [0.25, 0.3) is 10.8 Å². The van der Waals surface area contributed by atoms with Crippen molar-refractivity contribution in [2.45, 2.75) is 31.8 Å². The Kier molecular flexibility index (Phi) is 3.75. The van der Waals surface area contributed by atoms with E-state index in [1.807, 2.05) is 36.4 Å². The Hall–Kier alpha value is -2.41. The fourth-order valence-electron chi connectivity index (χ4n) is 4.07. The zero-order chi connectivity index (χ0) is 18.5. The van der Waals surface area contributed by atoms with Crippen LogP contribution in [0.4, 0.5) is 0 Å². The molecule has 2 heterocycles. The van der Waals surface area contributed by atoms with Gasteiger partial charge in [0.25, 0.3) is 0 Å². The number of hydrogen-bond acceptors (Lipinski definition) is 6. The van der Waals surface area contributed by atoms with Crippen LogP contribution in [0.1, 0.15) is 36.9 Å². The fraction of sp³-hybridized carbons (Fsp3) is 0.400. The van der Waals surface area contributed by atoms with E-state index in [1.54, 1.807) is 0 Å². The average molecular weight is 384 g/mol. The molecule has 0 amide bonds. The standard InChI is InChI=1S/C20H20N2O4S/c23-27(24)9-7-20(8-10-27)12-17(20)19-21-18(22-26-19)13-25-16-6-5-14-3-1-2-4-15(14)11-16/h1-6,11,17H,7-10,12-13H2. The molecule has 27 heavy (non-hydrogen) atoms. The minimum absolute atomic E-state index is 0.0499. The van der Waals surface area contributed by atoms with Crippen LogP contribution in [0.3, 0.4) is 0 Å². The molecule has 1 spiro atoms. The summed E-state index contributed by atoms with van der Waals surface area (Å²) in [5, 5.41) is 6.32. The van der Waals surface area contributed by atoms with Crippen molar-refractivity contribution < 1.29 is 17.7 Å². The quantitative estimate of drug-likeness (QED) is 0.685. The molecule has 1 unspecified atom stereocenters. The zero-order valence-electron chi connectivity index (χ0n) is 14.8. The number of ether oxygens (including phenoxy) is 1. The molecule has 1 aromatic heterocycles. The molecule has 0 radical (unpaired) electrons. The van der Waals surface area contributed by atoms with Crippen LogP contribution in [0.5, 0.6) is 5.75 Å². The molecule has 2 fully saturated rings. The molecule has 3 aromatic rings. The van der Waals surface area contributed by atoms with Crippen molar-refractivity contribution in [3.8, 4) is 5.75 Å². The van der Waals surface area contributed by atoms with Crippen LogP contribution in [0.2, 0.25) is 0 Å². The van der Waals surface area contributed by atoms with Gasteiger partial charge in [-0.1, -0.05) is 35.5 Å². The van der Waals surface area contributed by atoms with E-state index in [0.717, 1.165) is 17.6 Å². The summed E-state index contributed by atoms with van der Waals surface area (Å²) in [6, 6.07) is 14.1. The molecular weight excluding hydrogens is 364 g/mol. The normalized spacial score (nSPS) is 22.7. The van der Waals surface area contributed by atoms with Crippen molar-refractivity contribution in [3.63, 3.8) is 0 Å². The molecule has 0 N–H and O–H groups in total. The van der Waals surface area contributed by atoms with Crippen molar-refractivity contribution in [2.24, 2.45) is 5.41 Å². The van der Waals surface area contributed by atoms with Gasteiger partial charge < -0.3 is 9.26 Å². The largest absolute Gasteiger partial charge is 0.485 e. The molecule has 1 saturated heterocycles.